The van der Waals surface area contributed by atoms with Gasteiger partial charge in [-0.2, -0.15) is 0 Å². The molecule has 0 saturated carbocycles. The highest BCUT2D eigenvalue weighted by Crippen LogP contribution is 2.14. The molecule has 0 aliphatic rings. The zero-order valence-corrected chi connectivity index (χ0v) is 9.16. The van der Waals surface area contributed by atoms with E-state index < -0.39 is 0 Å². The molecule has 12 heavy (non-hydrogen) atoms. The van der Waals surface area contributed by atoms with E-state index in [1.165, 1.54) is 32.1 Å². The maximum atomic E-state index is 6.00. The molecular weight excluding hydrogens is 168 g/mol. The Kier molecular flexibility index (Phi) is 9.14. The van der Waals surface area contributed by atoms with Gasteiger partial charge in [-0.05, 0) is 19.3 Å². The quantitative estimate of drug-likeness (QED) is 0.500. The second-order valence-corrected chi connectivity index (χ2v) is 3.74. The van der Waals surface area contributed by atoms with E-state index in [0.29, 0.717) is 0 Å². The van der Waals surface area contributed by atoms with Crippen LogP contribution in [-0.2, 0) is 0 Å². The fourth-order valence-electron chi connectivity index (χ4n) is 1.12. The molecule has 1 heteroatoms. The molecule has 0 N–H and O–H groups in total. The third-order valence-corrected chi connectivity index (χ3v) is 2.27. The normalized spacial score (nSPS) is 12.1. The third-order valence-electron chi connectivity index (χ3n) is 1.92. The largest absolute Gasteiger partial charge is 0.0895 e. The Morgan fingerprint density at radius 2 is 1.83 bits per heavy atom. The Hall–Kier alpha value is 0.0300. The summed E-state index contributed by atoms with van der Waals surface area (Å²) in [5, 5.41) is 1.06. The van der Waals surface area contributed by atoms with E-state index in [-0.39, 0.29) is 0 Å². The molecule has 0 bridgehead atoms. The minimum atomic E-state index is 1.06. The first-order valence-electron chi connectivity index (χ1n) is 5.15. The van der Waals surface area contributed by atoms with Crippen molar-refractivity contribution in [2.24, 2.45) is 0 Å². The smallest absolute Gasteiger partial charge is 0.0141 e. The molecule has 0 fully saturated rings. The van der Waals surface area contributed by atoms with Crippen molar-refractivity contribution in [1.82, 2.24) is 0 Å². The highest BCUT2D eigenvalue weighted by molar-refractivity contribution is 6.29. The lowest BCUT2D eigenvalue weighted by atomic mass is 10.1. The average Bonchev–Trinajstić information content (AvgIpc) is 2.09. The van der Waals surface area contributed by atoms with E-state index in [1.54, 1.807) is 0 Å². The predicted octanol–water partition coefficient (Wildman–Crippen LogP) is 4.88. The number of halogens is 1. The molecule has 0 aromatic carbocycles. The van der Waals surface area contributed by atoms with E-state index >= 15 is 0 Å². The highest BCUT2D eigenvalue weighted by atomic mass is 35.5. The van der Waals surface area contributed by atoms with Crippen molar-refractivity contribution in [1.29, 1.82) is 0 Å². The molecule has 0 aliphatic heterocycles. The summed E-state index contributed by atoms with van der Waals surface area (Å²) in [6.45, 7) is 4.41. The van der Waals surface area contributed by atoms with E-state index in [4.69, 9.17) is 11.6 Å². The Labute approximate surface area is 82.0 Å². The summed E-state index contributed by atoms with van der Waals surface area (Å²) in [6.07, 6.45) is 10.8. The SMILES string of the molecule is CCCC=C(Cl)CCCCCC. The van der Waals surface area contributed by atoms with Gasteiger partial charge in [0.25, 0.3) is 0 Å². The molecule has 0 rings (SSSR count). The van der Waals surface area contributed by atoms with Crippen molar-refractivity contribution in [3.05, 3.63) is 11.1 Å². The summed E-state index contributed by atoms with van der Waals surface area (Å²) in [4.78, 5) is 0. The summed E-state index contributed by atoms with van der Waals surface area (Å²) in [6, 6.07) is 0. The van der Waals surface area contributed by atoms with Gasteiger partial charge >= 0.3 is 0 Å². The van der Waals surface area contributed by atoms with Gasteiger partial charge in [-0.1, -0.05) is 57.2 Å². The van der Waals surface area contributed by atoms with Crippen molar-refractivity contribution in [3.63, 3.8) is 0 Å². The monoisotopic (exact) mass is 188 g/mol. The molecule has 0 atom stereocenters. The van der Waals surface area contributed by atoms with Crippen LogP contribution in [0.1, 0.15) is 58.8 Å². The molecular formula is C11H21Cl. The number of hydrogen-bond acceptors (Lipinski definition) is 0. The Balaban J connectivity index is 3.24. The second-order valence-electron chi connectivity index (χ2n) is 3.25. The van der Waals surface area contributed by atoms with Crippen LogP contribution in [0.5, 0.6) is 0 Å². The van der Waals surface area contributed by atoms with Crippen molar-refractivity contribution in [2.45, 2.75) is 58.8 Å². The molecule has 0 amide bonds. The van der Waals surface area contributed by atoms with E-state index in [0.717, 1.165) is 17.9 Å². The second kappa shape index (κ2) is 9.12. The topological polar surface area (TPSA) is 0 Å². The van der Waals surface area contributed by atoms with Gasteiger partial charge in [0.05, 0.1) is 0 Å². The minimum Gasteiger partial charge on any atom is -0.0895 e. The van der Waals surface area contributed by atoms with Crippen LogP contribution in [-0.4, -0.2) is 0 Å². The van der Waals surface area contributed by atoms with Crippen LogP contribution >= 0.6 is 11.6 Å². The van der Waals surface area contributed by atoms with Crippen molar-refractivity contribution < 1.29 is 0 Å². The maximum absolute atomic E-state index is 6.00. The Bertz CT molecular complexity index is 116. The Morgan fingerprint density at radius 3 is 2.42 bits per heavy atom. The molecule has 0 radical (unpaired) electrons. The van der Waals surface area contributed by atoms with Gasteiger partial charge in [0.1, 0.15) is 0 Å². The number of rotatable bonds is 7. The molecule has 72 valence electrons. The van der Waals surface area contributed by atoms with E-state index in [1.807, 2.05) is 0 Å². The lowest BCUT2D eigenvalue weighted by molar-refractivity contribution is 0.670. The summed E-state index contributed by atoms with van der Waals surface area (Å²) in [7, 11) is 0. The zero-order chi connectivity index (χ0) is 9.23. The van der Waals surface area contributed by atoms with Crippen LogP contribution in [0.3, 0.4) is 0 Å². The lowest BCUT2D eigenvalue weighted by Crippen LogP contribution is -1.78. The molecule has 0 spiro atoms. The lowest BCUT2D eigenvalue weighted by Gasteiger charge is -1.98. The van der Waals surface area contributed by atoms with Crippen LogP contribution in [0.4, 0.5) is 0 Å². The van der Waals surface area contributed by atoms with Gasteiger partial charge in [0.15, 0.2) is 0 Å². The van der Waals surface area contributed by atoms with Crippen LogP contribution in [0.15, 0.2) is 11.1 Å². The molecule has 0 unspecified atom stereocenters. The predicted molar refractivity (Wildman–Crippen MR) is 57.6 cm³/mol. The fourth-order valence-corrected chi connectivity index (χ4v) is 1.37. The van der Waals surface area contributed by atoms with Crippen molar-refractivity contribution >= 4 is 11.6 Å². The van der Waals surface area contributed by atoms with Crippen molar-refractivity contribution in [3.8, 4) is 0 Å². The molecule has 0 aromatic rings. The van der Waals surface area contributed by atoms with Crippen molar-refractivity contribution in [2.75, 3.05) is 0 Å². The third kappa shape index (κ3) is 8.13. The standard InChI is InChI=1S/C11H21Cl/c1-3-5-7-8-10-11(12)9-6-4-2/h9H,3-8,10H2,1-2H3. The first-order chi connectivity index (χ1) is 5.81. The number of allylic oxidation sites excluding steroid dienone is 2. The number of hydrogen-bond donors (Lipinski definition) is 0. The summed E-state index contributed by atoms with van der Waals surface area (Å²) in [5.41, 5.74) is 0. The van der Waals surface area contributed by atoms with Gasteiger partial charge in [-0.25, -0.2) is 0 Å². The maximum Gasteiger partial charge on any atom is 0.0141 e. The van der Waals surface area contributed by atoms with Gasteiger partial charge in [0.2, 0.25) is 0 Å². The van der Waals surface area contributed by atoms with E-state index in [9.17, 15) is 0 Å². The van der Waals surface area contributed by atoms with E-state index in [2.05, 4.69) is 19.9 Å². The first-order valence-corrected chi connectivity index (χ1v) is 5.53. The van der Waals surface area contributed by atoms with Gasteiger partial charge < -0.3 is 0 Å². The fraction of sp³-hybridized carbons (Fsp3) is 0.818. The zero-order valence-electron chi connectivity index (χ0n) is 8.41. The van der Waals surface area contributed by atoms with Crippen LogP contribution in [0.25, 0.3) is 0 Å². The summed E-state index contributed by atoms with van der Waals surface area (Å²) < 4.78 is 0. The van der Waals surface area contributed by atoms with Crippen LogP contribution in [0.2, 0.25) is 0 Å². The summed E-state index contributed by atoms with van der Waals surface area (Å²) in [5.74, 6) is 0. The minimum absolute atomic E-state index is 1.06. The molecule has 0 aliphatic carbocycles. The van der Waals surface area contributed by atoms with Gasteiger partial charge in [-0.3, -0.25) is 0 Å². The Morgan fingerprint density at radius 1 is 1.08 bits per heavy atom. The molecule has 0 saturated heterocycles. The first kappa shape index (κ1) is 12.0. The van der Waals surface area contributed by atoms with Crippen LogP contribution in [0, 0.1) is 0 Å². The molecule has 0 nitrogen and oxygen atoms in total. The summed E-state index contributed by atoms with van der Waals surface area (Å²) >= 11 is 6.00. The molecule has 0 aromatic heterocycles. The average molecular weight is 189 g/mol. The van der Waals surface area contributed by atoms with Gasteiger partial charge in [0, 0.05) is 5.03 Å². The number of unbranched alkanes of at least 4 members (excludes halogenated alkanes) is 4. The molecule has 0 heterocycles. The highest BCUT2D eigenvalue weighted by Gasteiger charge is 1.92. The van der Waals surface area contributed by atoms with Gasteiger partial charge in [-0.15, -0.1) is 0 Å². The van der Waals surface area contributed by atoms with Crippen LogP contribution < -0.4 is 0 Å².